The van der Waals surface area contributed by atoms with Crippen LogP contribution in [0.5, 0.6) is 11.5 Å². The summed E-state index contributed by atoms with van der Waals surface area (Å²) in [5.41, 5.74) is 4.19. The minimum absolute atomic E-state index is 0.0366. The topological polar surface area (TPSA) is 73.9 Å². The lowest BCUT2D eigenvalue weighted by Crippen LogP contribution is -2.34. The molecule has 0 aromatic heterocycles. The Morgan fingerprint density at radius 2 is 1.81 bits per heavy atom. The summed E-state index contributed by atoms with van der Waals surface area (Å²) < 4.78 is 16.9. The zero-order valence-electron chi connectivity index (χ0n) is 18.6. The summed E-state index contributed by atoms with van der Waals surface area (Å²) in [6.07, 6.45) is 2.00. The number of ether oxygens (including phenoxy) is 3. The van der Waals surface area contributed by atoms with Crippen molar-refractivity contribution in [2.24, 2.45) is 0 Å². The van der Waals surface area contributed by atoms with Crippen molar-refractivity contribution in [3.63, 3.8) is 0 Å². The fraction of sp³-hybridized carbons (Fsp3) is 0.308. The molecule has 32 heavy (non-hydrogen) atoms. The monoisotopic (exact) mass is 433 g/mol. The van der Waals surface area contributed by atoms with Gasteiger partial charge in [-0.1, -0.05) is 42.5 Å². The Bertz CT molecular complexity index is 1100. The second-order valence-corrected chi connectivity index (χ2v) is 7.91. The molecule has 0 saturated carbocycles. The van der Waals surface area contributed by atoms with Crippen LogP contribution in [0.2, 0.25) is 0 Å². The van der Waals surface area contributed by atoms with Gasteiger partial charge in [0.1, 0.15) is 6.61 Å². The molecule has 0 saturated heterocycles. The van der Waals surface area contributed by atoms with E-state index in [2.05, 4.69) is 5.32 Å². The third-order valence-corrected chi connectivity index (χ3v) is 5.95. The number of ketones is 1. The van der Waals surface area contributed by atoms with Gasteiger partial charge in [0, 0.05) is 29.0 Å². The van der Waals surface area contributed by atoms with E-state index in [9.17, 15) is 9.59 Å². The number of rotatable bonds is 6. The van der Waals surface area contributed by atoms with Gasteiger partial charge in [0.25, 0.3) is 0 Å². The van der Waals surface area contributed by atoms with E-state index in [1.807, 2.05) is 49.4 Å². The smallest absolute Gasteiger partial charge is 0.337 e. The molecule has 4 rings (SSSR count). The highest BCUT2D eigenvalue weighted by molar-refractivity contribution is 6.04. The van der Waals surface area contributed by atoms with Crippen molar-refractivity contribution < 1.29 is 23.8 Å². The molecule has 1 atom stereocenters. The van der Waals surface area contributed by atoms with Crippen LogP contribution in [-0.2, 0) is 20.9 Å². The lowest BCUT2D eigenvalue weighted by Gasteiger charge is -2.34. The van der Waals surface area contributed by atoms with Crippen molar-refractivity contribution in [1.82, 2.24) is 5.32 Å². The number of methoxy groups -OCH3 is 2. The van der Waals surface area contributed by atoms with E-state index in [-0.39, 0.29) is 12.4 Å². The SMILES string of the molecule is COc1cccc(C2C(C(=O)OCc3ccccc3)=C(C)NC3=C2C(=O)CCC3)c1OC. The standard InChI is InChI=1S/C26H27NO5/c1-16-22(26(29)32-15-17-9-5-4-6-10-17)23(24-19(27-16)12-8-13-20(24)28)18-11-7-14-21(30-2)25(18)31-3/h4-7,9-11,14,23,27H,8,12-13,15H2,1-3H3. The van der Waals surface area contributed by atoms with Gasteiger partial charge in [0.05, 0.1) is 25.7 Å². The molecular formula is C26H27NO5. The van der Waals surface area contributed by atoms with Crippen LogP contribution in [-0.4, -0.2) is 26.0 Å². The van der Waals surface area contributed by atoms with Crippen molar-refractivity contribution >= 4 is 11.8 Å². The molecule has 0 bridgehead atoms. The van der Waals surface area contributed by atoms with Crippen LogP contribution in [0.15, 0.2) is 71.1 Å². The van der Waals surface area contributed by atoms with E-state index in [1.165, 1.54) is 0 Å². The number of esters is 1. The highest BCUT2D eigenvalue weighted by Gasteiger charge is 2.40. The molecule has 0 spiro atoms. The molecule has 2 aromatic rings. The highest BCUT2D eigenvalue weighted by atomic mass is 16.5. The third-order valence-electron chi connectivity index (χ3n) is 5.95. The molecule has 1 N–H and O–H groups in total. The van der Waals surface area contributed by atoms with Gasteiger partial charge in [-0.15, -0.1) is 0 Å². The van der Waals surface area contributed by atoms with E-state index in [1.54, 1.807) is 20.3 Å². The normalized spacial score (nSPS) is 18.1. The van der Waals surface area contributed by atoms with Gasteiger partial charge in [-0.25, -0.2) is 4.79 Å². The molecule has 0 fully saturated rings. The van der Waals surface area contributed by atoms with Crippen LogP contribution in [0.4, 0.5) is 0 Å². The Balaban J connectivity index is 1.79. The lowest BCUT2D eigenvalue weighted by molar-refractivity contribution is -0.140. The highest BCUT2D eigenvalue weighted by Crippen LogP contribution is 2.47. The molecule has 1 aliphatic heterocycles. The van der Waals surface area contributed by atoms with Crippen LogP contribution in [0.3, 0.4) is 0 Å². The number of benzene rings is 2. The average Bonchev–Trinajstić information content (AvgIpc) is 2.81. The average molecular weight is 434 g/mol. The van der Waals surface area contributed by atoms with Gasteiger partial charge in [0.15, 0.2) is 17.3 Å². The molecular weight excluding hydrogens is 406 g/mol. The van der Waals surface area contributed by atoms with E-state index in [0.29, 0.717) is 40.3 Å². The van der Waals surface area contributed by atoms with Gasteiger partial charge in [-0.05, 0) is 31.4 Å². The van der Waals surface area contributed by atoms with E-state index < -0.39 is 11.9 Å². The third kappa shape index (κ3) is 4.00. The van der Waals surface area contributed by atoms with Crippen LogP contribution in [0, 0.1) is 0 Å². The summed E-state index contributed by atoms with van der Waals surface area (Å²) in [5, 5.41) is 3.31. The molecule has 166 valence electrons. The number of hydrogen-bond donors (Lipinski definition) is 1. The van der Waals surface area contributed by atoms with E-state index in [4.69, 9.17) is 14.2 Å². The van der Waals surface area contributed by atoms with Crippen molar-refractivity contribution in [3.8, 4) is 11.5 Å². The molecule has 0 radical (unpaired) electrons. The molecule has 0 amide bonds. The number of dihydropyridines is 1. The Labute approximate surface area is 187 Å². The van der Waals surface area contributed by atoms with Crippen LogP contribution in [0.1, 0.15) is 43.2 Å². The minimum Gasteiger partial charge on any atom is -0.493 e. The summed E-state index contributed by atoms with van der Waals surface area (Å²) in [5.74, 6) is 0.0392. The van der Waals surface area contributed by atoms with Crippen molar-refractivity contribution in [2.75, 3.05) is 14.2 Å². The fourth-order valence-corrected chi connectivity index (χ4v) is 4.51. The molecule has 6 heteroatoms. The Morgan fingerprint density at radius 1 is 1.03 bits per heavy atom. The number of para-hydroxylation sites is 1. The van der Waals surface area contributed by atoms with Crippen molar-refractivity contribution in [2.45, 2.75) is 38.7 Å². The number of allylic oxidation sites excluding steroid dienone is 3. The number of nitrogens with one attached hydrogen (secondary N) is 1. The Hall–Kier alpha value is -3.54. The molecule has 6 nitrogen and oxygen atoms in total. The molecule has 1 unspecified atom stereocenters. The first-order valence-electron chi connectivity index (χ1n) is 10.7. The summed E-state index contributed by atoms with van der Waals surface area (Å²) in [4.78, 5) is 26.5. The van der Waals surface area contributed by atoms with Gasteiger partial charge >= 0.3 is 5.97 Å². The number of carbonyl (C=O) groups excluding carboxylic acids is 2. The predicted molar refractivity (Wildman–Crippen MR) is 120 cm³/mol. The Morgan fingerprint density at radius 3 is 2.53 bits per heavy atom. The van der Waals surface area contributed by atoms with Gasteiger partial charge in [-0.3, -0.25) is 4.79 Å². The van der Waals surface area contributed by atoms with E-state index in [0.717, 1.165) is 24.1 Å². The number of carbonyl (C=O) groups is 2. The summed E-state index contributed by atoms with van der Waals surface area (Å²) in [7, 11) is 3.13. The maximum Gasteiger partial charge on any atom is 0.337 e. The molecule has 1 heterocycles. The van der Waals surface area contributed by atoms with Crippen LogP contribution >= 0.6 is 0 Å². The van der Waals surface area contributed by atoms with Gasteiger partial charge in [0.2, 0.25) is 0 Å². The van der Waals surface area contributed by atoms with Gasteiger partial charge in [-0.2, -0.15) is 0 Å². The van der Waals surface area contributed by atoms with Crippen LogP contribution in [0.25, 0.3) is 0 Å². The van der Waals surface area contributed by atoms with Gasteiger partial charge < -0.3 is 19.5 Å². The fourth-order valence-electron chi connectivity index (χ4n) is 4.51. The first-order valence-corrected chi connectivity index (χ1v) is 10.7. The molecule has 2 aliphatic rings. The van der Waals surface area contributed by atoms with Crippen molar-refractivity contribution in [3.05, 3.63) is 82.2 Å². The maximum atomic E-state index is 13.4. The minimum atomic E-state index is -0.590. The quantitative estimate of drug-likeness (QED) is 0.680. The number of hydrogen-bond acceptors (Lipinski definition) is 6. The zero-order valence-corrected chi connectivity index (χ0v) is 18.6. The second kappa shape index (κ2) is 9.30. The first kappa shape index (κ1) is 21.7. The second-order valence-electron chi connectivity index (χ2n) is 7.91. The summed E-state index contributed by atoms with van der Waals surface area (Å²) in [6, 6.07) is 15.0. The summed E-state index contributed by atoms with van der Waals surface area (Å²) in [6.45, 7) is 2.00. The maximum absolute atomic E-state index is 13.4. The van der Waals surface area contributed by atoms with Crippen molar-refractivity contribution in [1.29, 1.82) is 0 Å². The molecule has 2 aromatic carbocycles. The van der Waals surface area contributed by atoms with E-state index >= 15 is 0 Å². The predicted octanol–water partition coefficient (Wildman–Crippen LogP) is 4.42. The zero-order chi connectivity index (χ0) is 22.7. The number of Topliss-reactive ketones (excluding diaryl/α,β-unsaturated/α-hetero) is 1. The lowest BCUT2D eigenvalue weighted by atomic mass is 9.75. The first-order chi connectivity index (χ1) is 15.5. The van der Waals surface area contributed by atoms with Crippen LogP contribution < -0.4 is 14.8 Å². The molecule has 1 aliphatic carbocycles. The Kier molecular flexibility index (Phi) is 6.30. The summed E-state index contributed by atoms with van der Waals surface area (Å²) >= 11 is 0. The largest absolute Gasteiger partial charge is 0.493 e.